The molecule has 0 atom stereocenters. The van der Waals surface area contributed by atoms with E-state index in [1.54, 1.807) is 14.2 Å². The van der Waals surface area contributed by atoms with Crippen molar-refractivity contribution < 1.29 is 27.2 Å². The first-order valence-electron chi connectivity index (χ1n) is 5.22. The molecule has 0 rings (SSSR count). The number of carbonyl (C=O) groups is 1. The zero-order valence-electron chi connectivity index (χ0n) is 10.3. The van der Waals surface area contributed by atoms with Crippen LogP contribution in [0.3, 0.4) is 0 Å². The van der Waals surface area contributed by atoms with Crippen LogP contribution in [0.25, 0.3) is 0 Å². The molecule has 0 fully saturated rings. The minimum atomic E-state index is -2.64. The van der Waals surface area contributed by atoms with Gasteiger partial charge in [-0.05, 0) is 19.0 Å². The lowest BCUT2D eigenvalue weighted by molar-refractivity contribution is 0.0489. The summed E-state index contributed by atoms with van der Waals surface area (Å²) in [6.07, 6.45) is -2.82. The normalized spacial score (nSPS) is 11.6. The summed E-state index contributed by atoms with van der Waals surface area (Å²) in [5.41, 5.74) is 0. The van der Waals surface area contributed by atoms with E-state index in [-0.39, 0.29) is 0 Å². The van der Waals surface area contributed by atoms with E-state index in [1.165, 1.54) is 0 Å². The van der Waals surface area contributed by atoms with Gasteiger partial charge < -0.3 is 18.9 Å². The van der Waals surface area contributed by atoms with Gasteiger partial charge in [0.25, 0.3) is 6.43 Å². The Bertz CT molecular complexity index is 227. The van der Waals surface area contributed by atoms with Crippen LogP contribution in [-0.4, -0.2) is 48.5 Å². The molecule has 0 aliphatic rings. The molecule has 0 unspecified atom stereocenters. The average molecular weight is 271 g/mol. The summed E-state index contributed by atoms with van der Waals surface area (Å²) in [6, 6.07) is 0.703. The molecule has 102 valence electrons. The number of halogens is 2. The van der Waals surface area contributed by atoms with Crippen LogP contribution in [0.2, 0.25) is 12.6 Å². The summed E-state index contributed by atoms with van der Waals surface area (Å²) in [6.45, 7) is 1.37. The average Bonchev–Trinajstić information content (AvgIpc) is 2.31. The molecule has 17 heavy (non-hydrogen) atoms. The Kier molecular flexibility index (Phi) is 8.01. The topological polar surface area (TPSA) is 56.8 Å². The molecule has 0 heterocycles. The van der Waals surface area contributed by atoms with Crippen LogP contribution < -0.4 is 5.32 Å². The number of carbonyl (C=O) groups excluding carboxylic acids is 1. The molecule has 1 amide bonds. The molecule has 5 nitrogen and oxygen atoms in total. The highest BCUT2D eigenvalue weighted by molar-refractivity contribution is 6.65. The smallest absolute Gasteiger partial charge is 0.407 e. The van der Waals surface area contributed by atoms with Crippen LogP contribution in [0, 0.1) is 0 Å². The fourth-order valence-corrected chi connectivity index (χ4v) is 2.47. The third kappa shape index (κ3) is 8.05. The minimum absolute atomic E-state index is 0.345. The highest BCUT2D eigenvalue weighted by Gasteiger charge is 2.27. The van der Waals surface area contributed by atoms with Gasteiger partial charge >= 0.3 is 14.7 Å². The SMILES string of the molecule is CO[Si](C)(CCCNC(=O)OCC(F)F)OC. The van der Waals surface area contributed by atoms with Crippen LogP contribution in [0.4, 0.5) is 13.6 Å². The molecule has 0 spiro atoms. The van der Waals surface area contributed by atoms with Crippen molar-refractivity contribution in [2.45, 2.75) is 25.4 Å². The zero-order chi connectivity index (χ0) is 13.3. The minimum Gasteiger partial charge on any atom is -0.443 e. The summed E-state index contributed by atoms with van der Waals surface area (Å²) in [5, 5.41) is 2.38. The molecule has 0 aromatic carbocycles. The maximum Gasteiger partial charge on any atom is 0.407 e. The summed E-state index contributed by atoms with van der Waals surface area (Å²) >= 11 is 0. The predicted octanol–water partition coefficient (Wildman–Crippen LogP) is 1.73. The Morgan fingerprint density at radius 1 is 1.35 bits per heavy atom. The number of alkyl halides is 2. The van der Waals surface area contributed by atoms with Gasteiger partial charge in [-0.3, -0.25) is 0 Å². The second-order valence-corrected chi connectivity index (χ2v) is 7.15. The van der Waals surface area contributed by atoms with E-state index in [0.29, 0.717) is 19.0 Å². The van der Waals surface area contributed by atoms with Gasteiger partial charge in [0.1, 0.15) is 0 Å². The Balaban J connectivity index is 3.60. The molecule has 0 saturated heterocycles. The van der Waals surface area contributed by atoms with Gasteiger partial charge in [-0.25, -0.2) is 13.6 Å². The lowest BCUT2D eigenvalue weighted by Gasteiger charge is -2.22. The van der Waals surface area contributed by atoms with E-state index in [1.807, 2.05) is 6.55 Å². The third-order valence-corrected chi connectivity index (χ3v) is 5.27. The van der Waals surface area contributed by atoms with Crippen LogP contribution in [0.15, 0.2) is 0 Å². The quantitative estimate of drug-likeness (QED) is 0.539. The standard InChI is InChI=1S/C9H19F2NO4Si/c1-14-17(3,15-2)6-4-5-12-9(13)16-7-8(10)11/h8H,4-7H2,1-3H3,(H,12,13). The maximum atomic E-state index is 11.7. The number of hydrogen-bond donors (Lipinski definition) is 1. The number of alkyl carbamates (subject to hydrolysis) is 1. The first-order valence-corrected chi connectivity index (χ1v) is 7.75. The molecule has 0 aliphatic carbocycles. The first kappa shape index (κ1) is 16.3. The van der Waals surface area contributed by atoms with E-state index in [0.717, 1.165) is 0 Å². The summed E-state index contributed by atoms with van der Waals surface area (Å²) in [7, 11) is 1.05. The fourth-order valence-electron chi connectivity index (χ4n) is 1.08. The number of hydrogen-bond acceptors (Lipinski definition) is 4. The lowest BCUT2D eigenvalue weighted by Crippen LogP contribution is -2.37. The van der Waals surface area contributed by atoms with Crippen molar-refractivity contribution in [3.05, 3.63) is 0 Å². The van der Waals surface area contributed by atoms with Crippen LogP contribution >= 0.6 is 0 Å². The Labute approximate surface area is 101 Å². The third-order valence-electron chi connectivity index (χ3n) is 2.28. The van der Waals surface area contributed by atoms with Crippen LogP contribution in [0.5, 0.6) is 0 Å². The highest BCUT2D eigenvalue weighted by atomic mass is 28.4. The molecule has 0 bridgehead atoms. The van der Waals surface area contributed by atoms with Gasteiger partial charge in [0.2, 0.25) is 0 Å². The van der Waals surface area contributed by atoms with E-state index in [4.69, 9.17) is 8.85 Å². The number of amides is 1. The second kappa shape index (κ2) is 8.37. The van der Waals surface area contributed by atoms with E-state index in [9.17, 15) is 13.6 Å². The van der Waals surface area contributed by atoms with Crippen molar-refractivity contribution in [1.29, 1.82) is 0 Å². The summed E-state index contributed by atoms with van der Waals surface area (Å²) in [4.78, 5) is 10.9. The summed E-state index contributed by atoms with van der Waals surface area (Å²) in [5.74, 6) is 0. The van der Waals surface area contributed by atoms with Crippen molar-refractivity contribution in [2.24, 2.45) is 0 Å². The zero-order valence-corrected chi connectivity index (χ0v) is 11.3. The van der Waals surface area contributed by atoms with E-state index >= 15 is 0 Å². The molecule has 0 aromatic rings. The monoisotopic (exact) mass is 271 g/mol. The van der Waals surface area contributed by atoms with Gasteiger partial charge in [-0.2, -0.15) is 0 Å². The molecule has 0 radical (unpaired) electrons. The van der Waals surface area contributed by atoms with E-state index in [2.05, 4.69) is 10.1 Å². The van der Waals surface area contributed by atoms with Crippen molar-refractivity contribution in [3.63, 3.8) is 0 Å². The summed E-state index contributed by atoms with van der Waals surface area (Å²) < 4.78 is 38.1. The van der Waals surface area contributed by atoms with Gasteiger partial charge in [0.05, 0.1) is 0 Å². The molecule has 0 aromatic heterocycles. The Morgan fingerprint density at radius 3 is 2.41 bits per heavy atom. The van der Waals surface area contributed by atoms with Crippen molar-refractivity contribution in [3.8, 4) is 0 Å². The Hall–Kier alpha value is -0.733. The molecule has 1 N–H and O–H groups in total. The number of rotatable bonds is 8. The van der Waals surface area contributed by atoms with Crippen LogP contribution in [-0.2, 0) is 13.6 Å². The number of ether oxygens (including phenoxy) is 1. The molecular formula is C9H19F2NO4Si. The predicted molar refractivity (Wildman–Crippen MR) is 60.4 cm³/mol. The number of nitrogens with one attached hydrogen (secondary N) is 1. The highest BCUT2D eigenvalue weighted by Crippen LogP contribution is 2.12. The molecular weight excluding hydrogens is 252 g/mol. The van der Waals surface area contributed by atoms with Crippen LogP contribution in [0.1, 0.15) is 6.42 Å². The van der Waals surface area contributed by atoms with Crippen molar-refractivity contribution in [2.75, 3.05) is 27.4 Å². The fraction of sp³-hybridized carbons (Fsp3) is 0.889. The largest absolute Gasteiger partial charge is 0.443 e. The van der Waals surface area contributed by atoms with E-state index < -0.39 is 27.7 Å². The molecule has 0 saturated carbocycles. The first-order chi connectivity index (χ1) is 7.93. The second-order valence-electron chi connectivity index (χ2n) is 3.56. The van der Waals surface area contributed by atoms with Gasteiger partial charge in [-0.1, -0.05) is 0 Å². The van der Waals surface area contributed by atoms with Gasteiger partial charge in [0.15, 0.2) is 6.61 Å². The Morgan fingerprint density at radius 2 is 1.94 bits per heavy atom. The van der Waals surface area contributed by atoms with Gasteiger partial charge in [0, 0.05) is 20.8 Å². The maximum absolute atomic E-state index is 11.7. The molecule has 0 aliphatic heterocycles. The van der Waals surface area contributed by atoms with Crippen molar-refractivity contribution in [1.82, 2.24) is 5.32 Å². The lowest BCUT2D eigenvalue weighted by atomic mass is 10.5. The molecule has 8 heteroatoms. The van der Waals surface area contributed by atoms with Gasteiger partial charge in [-0.15, -0.1) is 0 Å². The van der Waals surface area contributed by atoms with Crippen molar-refractivity contribution >= 4 is 14.7 Å².